The van der Waals surface area contributed by atoms with Gasteiger partial charge in [-0.3, -0.25) is 10.1 Å². The minimum absolute atomic E-state index is 0.0654. The summed E-state index contributed by atoms with van der Waals surface area (Å²) in [5.41, 5.74) is 0.423. The number of carbonyl (C=O) groups is 1. The zero-order valence-electron chi connectivity index (χ0n) is 14.5. The molecule has 1 saturated heterocycles. The van der Waals surface area contributed by atoms with E-state index in [0.717, 1.165) is 13.1 Å². The second-order valence-electron chi connectivity index (χ2n) is 6.19. The first-order valence-electron chi connectivity index (χ1n) is 8.25. The van der Waals surface area contributed by atoms with Crippen molar-refractivity contribution < 1.29 is 14.5 Å². The van der Waals surface area contributed by atoms with E-state index in [0.29, 0.717) is 18.8 Å². The van der Waals surface area contributed by atoms with Crippen molar-refractivity contribution in [3.8, 4) is 5.75 Å². The Labute approximate surface area is 166 Å². The van der Waals surface area contributed by atoms with Crippen LogP contribution < -0.4 is 9.64 Å². The summed E-state index contributed by atoms with van der Waals surface area (Å²) in [4.78, 5) is 27.6. The Bertz CT molecular complexity index is 883. The fourth-order valence-corrected chi connectivity index (χ4v) is 3.16. The van der Waals surface area contributed by atoms with Crippen LogP contribution in [0, 0.1) is 10.1 Å². The average molecular weight is 410 g/mol. The highest BCUT2D eigenvalue weighted by Crippen LogP contribution is 2.33. The summed E-state index contributed by atoms with van der Waals surface area (Å²) in [6, 6.07) is 8.99. The molecule has 0 N–H and O–H groups in total. The maximum Gasteiger partial charge on any atom is 0.343 e. The SMILES string of the molecule is CN1CCN(c2ccc(C(=O)Oc3cccc(Cl)c3Cl)cc2[N+](=O)[O-])CC1. The van der Waals surface area contributed by atoms with Gasteiger partial charge in [-0.05, 0) is 31.3 Å². The molecular weight excluding hydrogens is 393 g/mol. The number of hydrogen-bond donors (Lipinski definition) is 0. The first-order chi connectivity index (χ1) is 12.9. The van der Waals surface area contributed by atoms with Gasteiger partial charge < -0.3 is 14.5 Å². The van der Waals surface area contributed by atoms with Gasteiger partial charge in [-0.15, -0.1) is 0 Å². The van der Waals surface area contributed by atoms with Crippen molar-refractivity contribution in [2.45, 2.75) is 0 Å². The third-order valence-corrected chi connectivity index (χ3v) is 5.17. The minimum atomic E-state index is -0.743. The van der Waals surface area contributed by atoms with Crippen LogP contribution in [0.1, 0.15) is 10.4 Å². The highest BCUT2D eigenvalue weighted by molar-refractivity contribution is 6.43. The number of ether oxygens (including phenoxy) is 1. The number of hydrogen-bond acceptors (Lipinski definition) is 6. The molecule has 1 aliphatic rings. The second kappa shape index (κ2) is 8.12. The lowest BCUT2D eigenvalue weighted by Crippen LogP contribution is -2.44. The molecule has 0 unspecified atom stereocenters. The minimum Gasteiger partial charge on any atom is -0.421 e. The molecule has 0 aromatic heterocycles. The van der Waals surface area contributed by atoms with E-state index in [2.05, 4.69) is 4.90 Å². The van der Waals surface area contributed by atoms with Crippen molar-refractivity contribution in [1.82, 2.24) is 4.90 Å². The van der Waals surface area contributed by atoms with Crippen molar-refractivity contribution in [2.24, 2.45) is 0 Å². The molecule has 2 aromatic rings. The molecule has 0 amide bonds. The van der Waals surface area contributed by atoms with E-state index in [1.54, 1.807) is 18.2 Å². The Balaban J connectivity index is 1.86. The van der Waals surface area contributed by atoms with E-state index in [4.69, 9.17) is 27.9 Å². The van der Waals surface area contributed by atoms with Gasteiger partial charge in [0, 0.05) is 32.2 Å². The van der Waals surface area contributed by atoms with Crippen molar-refractivity contribution in [1.29, 1.82) is 0 Å². The van der Waals surface area contributed by atoms with Gasteiger partial charge in [-0.25, -0.2) is 4.79 Å². The van der Waals surface area contributed by atoms with Gasteiger partial charge in [-0.1, -0.05) is 29.3 Å². The number of anilines is 1. The van der Waals surface area contributed by atoms with Gasteiger partial charge >= 0.3 is 5.97 Å². The molecule has 2 aromatic carbocycles. The molecule has 3 rings (SSSR count). The van der Waals surface area contributed by atoms with Crippen LogP contribution in [-0.4, -0.2) is 49.0 Å². The van der Waals surface area contributed by atoms with Crippen LogP contribution >= 0.6 is 23.2 Å². The van der Waals surface area contributed by atoms with Crippen LogP contribution in [-0.2, 0) is 0 Å². The normalized spacial score (nSPS) is 14.9. The summed E-state index contributed by atoms with van der Waals surface area (Å²) in [5.74, 6) is -0.646. The predicted octanol–water partition coefficient (Wildman–Crippen LogP) is 3.87. The number of likely N-dealkylation sites (N-methyl/N-ethyl adjacent to an activating group) is 1. The van der Waals surface area contributed by atoms with Crippen LogP contribution in [0.3, 0.4) is 0 Å². The molecule has 9 heteroatoms. The van der Waals surface area contributed by atoms with Crippen molar-refractivity contribution in [3.63, 3.8) is 0 Å². The Hall–Kier alpha value is -2.35. The zero-order valence-corrected chi connectivity index (χ0v) is 16.0. The first-order valence-corrected chi connectivity index (χ1v) is 9.00. The monoisotopic (exact) mass is 409 g/mol. The summed E-state index contributed by atoms with van der Waals surface area (Å²) < 4.78 is 5.25. The lowest BCUT2D eigenvalue weighted by atomic mass is 10.1. The summed E-state index contributed by atoms with van der Waals surface area (Å²) in [6.45, 7) is 2.99. The van der Waals surface area contributed by atoms with Crippen LogP contribution in [0.25, 0.3) is 0 Å². The first kappa shape index (κ1) is 19.4. The standard InChI is InChI=1S/C18H17Cl2N3O4/c1-21-7-9-22(10-8-21)14-6-5-12(11-15(14)23(25)26)18(24)27-16-4-2-3-13(19)17(16)20/h2-6,11H,7-10H2,1H3. The molecule has 1 fully saturated rings. The van der Waals surface area contributed by atoms with E-state index < -0.39 is 10.9 Å². The largest absolute Gasteiger partial charge is 0.421 e. The molecule has 0 radical (unpaired) electrons. The molecule has 27 heavy (non-hydrogen) atoms. The van der Waals surface area contributed by atoms with Crippen LogP contribution in [0.15, 0.2) is 36.4 Å². The highest BCUT2D eigenvalue weighted by atomic mass is 35.5. The van der Waals surface area contributed by atoms with E-state index in [1.807, 2.05) is 11.9 Å². The summed E-state index contributed by atoms with van der Waals surface area (Å²) in [6.07, 6.45) is 0. The highest BCUT2D eigenvalue weighted by Gasteiger charge is 2.25. The van der Waals surface area contributed by atoms with Gasteiger partial charge in [0.25, 0.3) is 5.69 Å². The smallest absolute Gasteiger partial charge is 0.343 e. The Kier molecular flexibility index (Phi) is 5.84. The van der Waals surface area contributed by atoms with Crippen LogP contribution in [0.5, 0.6) is 5.75 Å². The number of benzene rings is 2. The maximum absolute atomic E-state index is 12.4. The molecule has 1 heterocycles. The molecule has 0 atom stereocenters. The number of rotatable bonds is 4. The number of carbonyl (C=O) groups excluding carboxylic acids is 1. The molecule has 0 bridgehead atoms. The van der Waals surface area contributed by atoms with E-state index in [9.17, 15) is 14.9 Å². The fraction of sp³-hybridized carbons (Fsp3) is 0.278. The number of nitro groups is 1. The average Bonchev–Trinajstić information content (AvgIpc) is 2.65. The Morgan fingerprint density at radius 2 is 1.85 bits per heavy atom. The quantitative estimate of drug-likeness (QED) is 0.330. The number of halogens is 2. The summed E-state index contributed by atoms with van der Waals surface area (Å²) in [5, 5.41) is 11.9. The molecule has 0 spiro atoms. The number of nitro benzene ring substituents is 1. The lowest BCUT2D eigenvalue weighted by molar-refractivity contribution is -0.384. The lowest BCUT2D eigenvalue weighted by Gasteiger charge is -2.33. The summed E-state index contributed by atoms with van der Waals surface area (Å²) in [7, 11) is 2.01. The number of nitrogens with zero attached hydrogens (tertiary/aromatic N) is 3. The van der Waals surface area contributed by atoms with Gasteiger partial charge in [0.15, 0.2) is 5.75 Å². The van der Waals surface area contributed by atoms with Gasteiger partial charge in [-0.2, -0.15) is 0 Å². The third-order valence-electron chi connectivity index (χ3n) is 4.37. The summed E-state index contributed by atoms with van der Waals surface area (Å²) >= 11 is 11.9. The van der Waals surface area contributed by atoms with Crippen molar-refractivity contribution >= 4 is 40.5 Å². The zero-order chi connectivity index (χ0) is 19.6. The van der Waals surface area contributed by atoms with E-state index >= 15 is 0 Å². The van der Waals surface area contributed by atoms with E-state index in [-0.39, 0.29) is 27.0 Å². The fourth-order valence-electron chi connectivity index (χ4n) is 2.83. The van der Waals surface area contributed by atoms with E-state index in [1.165, 1.54) is 18.2 Å². The van der Waals surface area contributed by atoms with Crippen molar-refractivity contribution in [2.75, 3.05) is 38.1 Å². The van der Waals surface area contributed by atoms with Gasteiger partial charge in [0.1, 0.15) is 10.7 Å². The Morgan fingerprint density at radius 3 is 2.52 bits per heavy atom. The second-order valence-corrected chi connectivity index (χ2v) is 6.98. The molecule has 0 aliphatic carbocycles. The number of esters is 1. The molecule has 0 saturated carbocycles. The third kappa shape index (κ3) is 4.32. The van der Waals surface area contributed by atoms with Crippen LogP contribution in [0.4, 0.5) is 11.4 Å². The molecule has 7 nitrogen and oxygen atoms in total. The number of piperazine rings is 1. The van der Waals surface area contributed by atoms with Gasteiger partial charge in [0.2, 0.25) is 0 Å². The maximum atomic E-state index is 12.4. The van der Waals surface area contributed by atoms with Crippen molar-refractivity contribution in [3.05, 3.63) is 62.1 Å². The molecular formula is C18H17Cl2N3O4. The molecule has 1 aliphatic heterocycles. The Morgan fingerprint density at radius 1 is 1.15 bits per heavy atom. The topological polar surface area (TPSA) is 75.9 Å². The molecule has 142 valence electrons. The van der Waals surface area contributed by atoms with Gasteiger partial charge in [0.05, 0.1) is 15.5 Å². The van der Waals surface area contributed by atoms with Crippen LogP contribution in [0.2, 0.25) is 10.0 Å². The predicted molar refractivity (Wildman–Crippen MR) is 104 cm³/mol.